The predicted octanol–water partition coefficient (Wildman–Crippen LogP) is 6.23. The Hall–Kier alpha value is -3.20. The maximum absolute atomic E-state index is 13.2. The summed E-state index contributed by atoms with van der Waals surface area (Å²) in [6.45, 7) is 0.491. The van der Waals surface area contributed by atoms with Crippen LogP contribution in [0.15, 0.2) is 66.5 Å². The van der Waals surface area contributed by atoms with Crippen LogP contribution in [0.2, 0.25) is 5.02 Å². The zero-order chi connectivity index (χ0) is 22.2. The molecule has 0 fully saturated rings. The third kappa shape index (κ3) is 3.77. The molecule has 0 saturated heterocycles. The normalized spacial score (nSPS) is 19.9. The molecule has 32 heavy (non-hydrogen) atoms. The number of aromatic amines is 1. The van der Waals surface area contributed by atoms with E-state index < -0.39 is 6.09 Å². The first-order valence-electron chi connectivity index (χ1n) is 10.3. The van der Waals surface area contributed by atoms with Gasteiger partial charge in [-0.05, 0) is 66.5 Å². The van der Waals surface area contributed by atoms with E-state index in [4.69, 9.17) is 27.9 Å². The van der Waals surface area contributed by atoms with Crippen molar-refractivity contribution in [3.05, 3.63) is 93.9 Å². The van der Waals surface area contributed by atoms with E-state index in [0.29, 0.717) is 35.7 Å². The molecular formula is C25H19Cl2N3O2. The monoisotopic (exact) mass is 463 g/mol. The molecule has 5 rings (SSSR count). The summed E-state index contributed by atoms with van der Waals surface area (Å²) in [4.78, 5) is 18.5. The first-order valence-corrected chi connectivity index (χ1v) is 11.2. The number of halogens is 2. The van der Waals surface area contributed by atoms with Crippen molar-refractivity contribution in [2.75, 3.05) is 6.54 Å². The van der Waals surface area contributed by atoms with Gasteiger partial charge in [-0.2, -0.15) is 5.26 Å². The quantitative estimate of drug-likeness (QED) is 0.458. The highest BCUT2D eigenvalue weighted by Crippen LogP contribution is 2.39. The Bertz CT molecular complexity index is 1300. The number of ether oxygens (including phenoxy) is 1. The molecule has 1 aliphatic heterocycles. The Balaban J connectivity index is 1.56. The summed E-state index contributed by atoms with van der Waals surface area (Å²) in [5, 5.41) is 10.8. The number of H-pyrrole nitrogens is 1. The molecule has 160 valence electrons. The molecule has 2 heterocycles. The number of hydrogen-bond donors (Lipinski definition) is 1. The second-order valence-corrected chi connectivity index (χ2v) is 8.87. The fourth-order valence-corrected chi connectivity index (χ4v) is 4.69. The van der Waals surface area contributed by atoms with Crippen LogP contribution in [0.25, 0.3) is 10.9 Å². The number of alkyl halides is 1. The average Bonchev–Trinajstić information content (AvgIpc) is 3.18. The van der Waals surface area contributed by atoms with E-state index in [9.17, 15) is 10.1 Å². The maximum Gasteiger partial charge on any atom is 0.416 e. The summed E-state index contributed by atoms with van der Waals surface area (Å²) in [6.07, 6.45) is 6.24. The number of benzene rings is 2. The van der Waals surface area contributed by atoms with Gasteiger partial charge in [0.05, 0.1) is 17.0 Å². The first-order chi connectivity index (χ1) is 15.5. The molecule has 2 unspecified atom stereocenters. The lowest BCUT2D eigenvalue weighted by Gasteiger charge is -2.35. The van der Waals surface area contributed by atoms with Crippen molar-refractivity contribution in [2.24, 2.45) is 0 Å². The van der Waals surface area contributed by atoms with Crippen molar-refractivity contribution in [2.45, 2.75) is 24.3 Å². The summed E-state index contributed by atoms with van der Waals surface area (Å²) in [6, 6.07) is 14.8. The number of nitrogens with zero attached hydrogens (tertiary/aromatic N) is 2. The van der Waals surface area contributed by atoms with Crippen LogP contribution in [0.5, 0.6) is 0 Å². The number of nitrogens with one attached hydrogen (secondary N) is 1. The number of hydrogen-bond acceptors (Lipinski definition) is 3. The van der Waals surface area contributed by atoms with E-state index in [-0.39, 0.29) is 11.4 Å². The summed E-state index contributed by atoms with van der Waals surface area (Å²) in [7, 11) is 0. The van der Waals surface area contributed by atoms with Crippen LogP contribution < -0.4 is 0 Å². The maximum atomic E-state index is 13.2. The first kappa shape index (κ1) is 20.7. The van der Waals surface area contributed by atoms with Crippen LogP contribution in [0, 0.1) is 11.3 Å². The molecule has 2 atom stereocenters. The Morgan fingerprint density at radius 2 is 2.03 bits per heavy atom. The molecule has 1 amide bonds. The van der Waals surface area contributed by atoms with E-state index in [1.54, 1.807) is 23.1 Å². The molecule has 5 nitrogen and oxygen atoms in total. The molecule has 1 aromatic heterocycles. The van der Waals surface area contributed by atoms with Gasteiger partial charge in [0.2, 0.25) is 0 Å². The van der Waals surface area contributed by atoms with Gasteiger partial charge in [0.15, 0.2) is 0 Å². The molecular weight excluding hydrogens is 445 g/mol. The highest BCUT2D eigenvalue weighted by molar-refractivity contribution is 6.31. The van der Waals surface area contributed by atoms with E-state index in [1.807, 2.05) is 42.5 Å². The smallest absolute Gasteiger partial charge is 0.411 e. The van der Waals surface area contributed by atoms with Crippen LogP contribution in [-0.4, -0.2) is 27.9 Å². The van der Waals surface area contributed by atoms with Gasteiger partial charge < -0.3 is 9.72 Å². The fourth-order valence-electron chi connectivity index (χ4n) is 4.35. The number of amides is 1. The molecule has 1 aliphatic carbocycles. The molecule has 0 radical (unpaired) electrons. The van der Waals surface area contributed by atoms with Gasteiger partial charge in [0.25, 0.3) is 0 Å². The minimum Gasteiger partial charge on any atom is -0.411 e. The summed E-state index contributed by atoms with van der Waals surface area (Å²) in [5.41, 5.74) is 4.51. The zero-order valence-electron chi connectivity index (χ0n) is 17.0. The predicted molar refractivity (Wildman–Crippen MR) is 125 cm³/mol. The van der Waals surface area contributed by atoms with E-state index in [0.717, 1.165) is 27.7 Å². The van der Waals surface area contributed by atoms with Crippen molar-refractivity contribution in [1.29, 1.82) is 5.26 Å². The molecule has 0 saturated carbocycles. The van der Waals surface area contributed by atoms with Crippen LogP contribution in [0.1, 0.15) is 34.8 Å². The average molecular weight is 464 g/mol. The molecule has 2 aliphatic rings. The Morgan fingerprint density at radius 1 is 1.22 bits per heavy atom. The standard InChI is InChI=1S/C25H19Cl2N3O2/c26-17-5-8-19(9-6-17)32-25(31)30-12-11-20-21-13-18(27)7-10-22(21)29-23(20)24(30)16-3-1-15(14-28)2-4-16/h1-5,7-10,13,17,24,29H,6,11-12H2. The second-order valence-electron chi connectivity index (χ2n) is 7.87. The number of carbonyl (C=O) groups excluding carboxylic acids is 1. The van der Waals surface area contributed by atoms with E-state index in [2.05, 4.69) is 11.1 Å². The SMILES string of the molecule is N#Cc1ccc(C2c3[nH]c4ccc(Cl)cc4c3CCN2C(=O)OC2=CCC(Cl)C=C2)cc1. The van der Waals surface area contributed by atoms with Gasteiger partial charge in [-0.25, -0.2) is 4.79 Å². The largest absolute Gasteiger partial charge is 0.416 e. The Morgan fingerprint density at radius 3 is 2.75 bits per heavy atom. The molecule has 7 heteroatoms. The van der Waals surface area contributed by atoms with Crippen LogP contribution in [-0.2, 0) is 11.2 Å². The summed E-state index contributed by atoms with van der Waals surface area (Å²) >= 11 is 12.3. The number of aromatic nitrogens is 1. The van der Waals surface area contributed by atoms with Crippen molar-refractivity contribution < 1.29 is 9.53 Å². The topological polar surface area (TPSA) is 69.1 Å². The van der Waals surface area contributed by atoms with Gasteiger partial charge in [0, 0.05) is 28.2 Å². The molecule has 0 spiro atoms. The van der Waals surface area contributed by atoms with Crippen molar-refractivity contribution in [1.82, 2.24) is 9.88 Å². The van der Waals surface area contributed by atoms with E-state index >= 15 is 0 Å². The summed E-state index contributed by atoms with van der Waals surface area (Å²) < 4.78 is 5.70. The zero-order valence-corrected chi connectivity index (χ0v) is 18.5. The fraction of sp³-hybridized carbons (Fsp3) is 0.200. The van der Waals surface area contributed by atoms with Gasteiger partial charge in [-0.15, -0.1) is 11.6 Å². The number of nitriles is 1. The van der Waals surface area contributed by atoms with Gasteiger partial charge in [0.1, 0.15) is 11.8 Å². The second kappa shape index (κ2) is 8.38. The lowest BCUT2D eigenvalue weighted by atomic mass is 9.92. The van der Waals surface area contributed by atoms with Crippen LogP contribution in [0.3, 0.4) is 0 Å². The van der Waals surface area contributed by atoms with E-state index in [1.165, 1.54) is 0 Å². The van der Waals surface area contributed by atoms with Gasteiger partial charge >= 0.3 is 6.09 Å². The van der Waals surface area contributed by atoms with Crippen molar-refractivity contribution >= 4 is 40.2 Å². The molecule has 1 N–H and O–H groups in total. The number of rotatable bonds is 2. The number of fused-ring (bicyclic) bond motifs is 3. The third-order valence-electron chi connectivity index (χ3n) is 5.90. The minimum atomic E-state index is -0.425. The molecule has 0 bridgehead atoms. The Kier molecular flexibility index (Phi) is 5.42. The highest BCUT2D eigenvalue weighted by Gasteiger charge is 2.36. The minimum absolute atomic E-state index is 0.0837. The number of carbonyl (C=O) groups is 1. The van der Waals surface area contributed by atoms with Crippen molar-refractivity contribution in [3.8, 4) is 6.07 Å². The lowest BCUT2D eigenvalue weighted by molar-refractivity contribution is 0.115. The van der Waals surface area contributed by atoms with Crippen LogP contribution >= 0.6 is 23.2 Å². The third-order valence-corrected chi connectivity index (χ3v) is 6.46. The van der Waals surface area contributed by atoms with Gasteiger partial charge in [-0.1, -0.05) is 29.8 Å². The Labute approximate surface area is 195 Å². The van der Waals surface area contributed by atoms with Gasteiger partial charge in [-0.3, -0.25) is 4.90 Å². The molecule has 2 aromatic carbocycles. The number of allylic oxidation sites excluding steroid dienone is 3. The van der Waals surface area contributed by atoms with Crippen LogP contribution in [0.4, 0.5) is 4.79 Å². The lowest BCUT2D eigenvalue weighted by Crippen LogP contribution is -2.40. The highest BCUT2D eigenvalue weighted by atomic mass is 35.5. The van der Waals surface area contributed by atoms with Crippen molar-refractivity contribution in [3.63, 3.8) is 0 Å². The summed E-state index contributed by atoms with van der Waals surface area (Å²) in [5.74, 6) is 0.500. The molecule has 3 aromatic rings.